The molecule has 1 unspecified atom stereocenters. The molecule has 0 bridgehead atoms. The van der Waals surface area contributed by atoms with Crippen LogP contribution in [0.5, 0.6) is 0 Å². The molecule has 0 radical (unpaired) electrons. The molecule has 1 aromatic heterocycles. The zero-order valence-electron chi connectivity index (χ0n) is 9.41. The first kappa shape index (κ1) is 11.7. The van der Waals surface area contributed by atoms with Gasteiger partial charge in [0.2, 0.25) is 0 Å². The van der Waals surface area contributed by atoms with Crippen LogP contribution in [-0.2, 0) is 0 Å². The van der Waals surface area contributed by atoms with Gasteiger partial charge in [0, 0.05) is 18.4 Å². The van der Waals surface area contributed by atoms with Crippen molar-refractivity contribution in [3.63, 3.8) is 0 Å². The lowest BCUT2D eigenvalue weighted by atomic mass is 10.00. The lowest BCUT2D eigenvalue weighted by Gasteiger charge is -2.31. The van der Waals surface area contributed by atoms with E-state index in [0.717, 1.165) is 30.6 Å². The normalized spacial score (nSPS) is 21.1. The van der Waals surface area contributed by atoms with E-state index in [0.29, 0.717) is 11.5 Å². The lowest BCUT2D eigenvalue weighted by Crippen LogP contribution is -2.40. The minimum absolute atomic E-state index is 0.0995. The number of carbonyl (C=O) groups excluding carboxylic acids is 1. The molecule has 0 N–H and O–H groups in total. The van der Waals surface area contributed by atoms with E-state index < -0.39 is 0 Å². The van der Waals surface area contributed by atoms with Crippen LogP contribution in [0.15, 0.2) is 16.7 Å². The van der Waals surface area contributed by atoms with E-state index in [1.54, 1.807) is 12.3 Å². The average molecular weight is 286 g/mol. The van der Waals surface area contributed by atoms with Crippen LogP contribution in [-0.4, -0.2) is 29.2 Å². The summed E-state index contributed by atoms with van der Waals surface area (Å²) in [7, 11) is 0. The third-order valence-corrected chi connectivity index (χ3v) is 3.92. The number of piperidine rings is 1. The van der Waals surface area contributed by atoms with Gasteiger partial charge in [-0.2, -0.15) is 0 Å². The molecule has 1 aromatic rings. The summed E-state index contributed by atoms with van der Waals surface area (Å²) in [6.07, 6.45) is 3.85. The largest absolute Gasteiger partial charge is 0.469 e. The summed E-state index contributed by atoms with van der Waals surface area (Å²) in [4.78, 5) is 14.1. The minimum atomic E-state index is 0.0995. The molecule has 2 rings (SSSR count). The molecule has 1 amide bonds. The van der Waals surface area contributed by atoms with E-state index in [-0.39, 0.29) is 5.91 Å². The minimum Gasteiger partial charge on any atom is -0.469 e. The van der Waals surface area contributed by atoms with Crippen LogP contribution in [0.1, 0.15) is 29.0 Å². The highest BCUT2D eigenvalue weighted by Gasteiger charge is 2.24. The zero-order valence-corrected chi connectivity index (χ0v) is 11.0. The van der Waals surface area contributed by atoms with E-state index in [1.807, 2.05) is 11.8 Å². The fourth-order valence-corrected chi connectivity index (χ4v) is 2.64. The monoisotopic (exact) mass is 285 g/mol. The van der Waals surface area contributed by atoms with Crippen LogP contribution < -0.4 is 0 Å². The lowest BCUT2D eigenvalue weighted by molar-refractivity contribution is 0.0685. The van der Waals surface area contributed by atoms with Crippen molar-refractivity contribution in [2.75, 3.05) is 18.4 Å². The molecule has 1 atom stereocenters. The molecular weight excluding hydrogens is 270 g/mol. The van der Waals surface area contributed by atoms with Gasteiger partial charge in [0.05, 0.1) is 5.56 Å². The average Bonchev–Trinajstić information content (AvgIpc) is 2.75. The van der Waals surface area contributed by atoms with Crippen molar-refractivity contribution in [1.82, 2.24) is 4.90 Å². The van der Waals surface area contributed by atoms with Crippen LogP contribution in [0.25, 0.3) is 0 Å². The molecule has 0 aliphatic carbocycles. The van der Waals surface area contributed by atoms with Gasteiger partial charge in [-0.1, -0.05) is 15.9 Å². The molecule has 2 heterocycles. The quantitative estimate of drug-likeness (QED) is 0.783. The first-order valence-corrected chi connectivity index (χ1v) is 6.73. The predicted molar refractivity (Wildman–Crippen MR) is 65.9 cm³/mol. The van der Waals surface area contributed by atoms with Gasteiger partial charge in [0.25, 0.3) is 5.91 Å². The van der Waals surface area contributed by atoms with Crippen molar-refractivity contribution < 1.29 is 9.21 Å². The first-order chi connectivity index (χ1) is 7.70. The van der Waals surface area contributed by atoms with Gasteiger partial charge >= 0.3 is 0 Å². The summed E-state index contributed by atoms with van der Waals surface area (Å²) in [5.41, 5.74) is 0.674. The van der Waals surface area contributed by atoms with E-state index >= 15 is 0 Å². The SMILES string of the molecule is Cc1cc(C(=O)N2CCCC(CBr)C2)co1. The number of aryl methyl sites for hydroxylation is 1. The van der Waals surface area contributed by atoms with Crippen molar-refractivity contribution in [2.45, 2.75) is 19.8 Å². The highest BCUT2D eigenvalue weighted by Crippen LogP contribution is 2.20. The maximum Gasteiger partial charge on any atom is 0.257 e. The number of hydrogen-bond donors (Lipinski definition) is 0. The number of hydrogen-bond acceptors (Lipinski definition) is 2. The van der Waals surface area contributed by atoms with Crippen LogP contribution in [0.4, 0.5) is 0 Å². The van der Waals surface area contributed by atoms with E-state index in [1.165, 1.54) is 6.42 Å². The standard InChI is InChI=1S/C12H16BrNO2/c1-9-5-11(8-16-9)12(15)14-4-2-3-10(6-13)7-14/h5,8,10H,2-4,6-7H2,1H3. The van der Waals surface area contributed by atoms with Crippen molar-refractivity contribution in [1.29, 1.82) is 0 Å². The highest BCUT2D eigenvalue weighted by atomic mass is 79.9. The summed E-state index contributed by atoms with van der Waals surface area (Å²) in [5, 5.41) is 0.973. The molecule has 1 saturated heterocycles. The Balaban J connectivity index is 2.04. The molecule has 1 fully saturated rings. The smallest absolute Gasteiger partial charge is 0.257 e. The molecule has 1 aliphatic heterocycles. The highest BCUT2D eigenvalue weighted by molar-refractivity contribution is 9.09. The predicted octanol–water partition coefficient (Wildman–Crippen LogP) is 2.84. The molecule has 0 spiro atoms. The second-order valence-electron chi connectivity index (χ2n) is 4.36. The van der Waals surface area contributed by atoms with Gasteiger partial charge in [0.1, 0.15) is 12.0 Å². The number of nitrogens with zero attached hydrogens (tertiary/aromatic N) is 1. The Morgan fingerprint density at radius 1 is 1.69 bits per heavy atom. The van der Waals surface area contributed by atoms with Crippen molar-refractivity contribution in [3.8, 4) is 0 Å². The van der Waals surface area contributed by atoms with Gasteiger partial charge in [-0.3, -0.25) is 4.79 Å². The van der Waals surface area contributed by atoms with E-state index in [2.05, 4.69) is 15.9 Å². The van der Waals surface area contributed by atoms with E-state index in [9.17, 15) is 4.79 Å². The molecule has 3 nitrogen and oxygen atoms in total. The van der Waals surface area contributed by atoms with Crippen LogP contribution in [0, 0.1) is 12.8 Å². The molecule has 16 heavy (non-hydrogen) atoms. The summed E-state index contributed by atoms with van der Waals surface area (Å²) in [6.45, 7) is 3.58. The fourth-order valence-electron chi connectivity index (χ4n) is 2.11. The van der Waals surface area contributed by atoms with Crippen molar-refractivity contribution in [2.24, 2.45) is 5.92 Å². The Hall–Kier alpha value is -0.770. The second-order valence-corrected chi connectivity index (χ2v) is 5.01. The molecule has 88 valence electrons. The van der Waals surface area contributed by atoms with Gasteiger partial charge < -0.3 is 9.32 Å². The molecule has 1 aliphatic rings. The number of furan rings is 1. The maximum atomic E-state index is 12.1. The summed E-state index contributed by atoms with van der Waals surface area (Å²) >= 11 is 3.49. The van der Waals surface area contributed by atoms with E-state index in [4.69, 9.17) is 4.42 Å². The summed E-state index contributed by atoms with van der Waals surface area (Å²) < 4.78 is 5.17. The number of rotatable bonds is 2. The Bertz CT molecular complexity index is 375. The van der Waals surface area contributed by atoms with Crippen molar-refractivity contribution >= 4 is 21.8 Å². The summed E-state index contributed by atoms with van der Waals surface area (Å²) in [6, 6.07) is 1.81. The molecule has 0 saturated carbocycles. The van der Waals surface area contributed by atoms with Crippen molar-refractivity contribution in [3.05, 3.63) is 23.7 Å². The Labute approximate surface area is 104 Å². The Kier molecular flexibility index (Phi) is 3.69. The Morgan fingerprint density at radius 2 is 2.50 bits per heavy atom. The zero-order chi connectivity index (χ0) is 11.5. The third kappa shape index (κ3) is 2.48. The number of amides is 1. The molecule has 4 heteroatoms. The maximum absolute atomic E-state index is 12.1. The number of halogens is 1. The van der Waals surface area contributed by atoms with Gasteiger partial charge in [-0.15, -0.1) is 0 Å². The van der Waals surface area contributed by atoms with Gasteiger partial charge in [-0.05, 0) is 31.7 Å². The Morgan fingerprint density at radius 3 is 3.12 bits per heavy atom. The number of alkyl halides is 1. The first-order valence-electron chi connectivity index (χ1n) is 5.61. The number of likely N-dealkylation sites (tertiary alicyclic amines) is 1. The summed E-state index contributed by atoms with van der Waals surface area (Å²) in [5.74, 6) is 1.48. The van der Waals surface area contributed by atoms with Crippen LogP contribution >= 0.6 is 15.9 Å². The molecular formula is C12H16BrNO2. The topological polar surface area (TPSA) is 33.5 Å². The number of carbonyl (C=O) groups is 1. The van der Waals surface area contributed by atoms with Gasteiger partial charge in [0.15, 0.2) is 0 Å². The van der Waals surface area contributed by atoms with Crippen LogP contribution in [0.3, 0.4) is 0 Å². The van der Waals surface area contributed by atoms with Gasteiger partial charge in [-0.25, -0.2) is 0 Å². The molecule has 0 aromatic carbocycles. The fraction of sp³-hybridized carbons (Fsp3) is 0.583. The second kappa shape index (κ2) is 5.04. The third-order valence-electron chi connectivity index (χ3n) is 3.00. The van der Waals surface area contributed by atoms with Crippen LogP contribution in [0.2, 0.25) is 0 Å².